The standard InChI is InChI=1S/C15H13N3O3S/c1-18(13-8-4-3-7-12(13)15(17)19)22(20,21)14-9-5-2-6-11(14)10-16/h2-9H,1H3,(H2,17,19). The summed E-state index contributed by atoms with van der Waals surface area (Å²) in [6, 6.07) is 13.8. The van der Waals surface area contributed by atoms with Crippen LogP contribution in [0.15, 0.2) is 53.4 Å². The topological polar surface area (TPSA) is 104 Å². The highest BCUT2D eigenvalue weighted by Gasteiger charge is 2.26. The predicted octanol–water partition coefficient (Wildman–Crippen LogP) is 1.48. The van der Waals surface area contributed by atoms with E-state index in [0.29, 0.717) is 0 Å². The van der Waals surface area contributed by atoms with Crippen molar-refractivity contribution in [3.05, 3.63) is 59.7 Å². The Kier molecular flexibility index (Phi) is 4.15. The summed E-state index contributed by atoms with van der Waals surface area (Å²) in [4.78, 5) is 11.3. The monoisotopic (exact) mass is 315 g/mol. The van der Waals surface area contributed by atoms with E-state index in [1.54, 1.807) is 18.2 Å². The van der Waals surface area contributed by atoms with E-state index < -0.39 is 15.9 Å². The highest BCUT2D eigenvalue weighted by molar-refractivity contribution is 7.92. The third kappa shape index (κ3) is 2.64. The molecule has 0 aromatic heterocycles. The van der Waals surface area contributed by atoms with Gasteiger partial charge in [0.05, 0.1) is 16.8 Å². The van der Waals surface area contributed by atoms with Crippen molar-refractivity contribution in [3.63, 3.8) is 0 Å². The van der Waals surface area contributed by atoms with Crippen LogP contribution in [0.2, 0.25) is 0 Å². The first-order valence-corrected chi connectivity index (χ1v) is 7.70. The molecule has 0 saturated heterocycles. The molecule has 0 atom stereocenters. The highest BCUT2D eigenvalue weighted by atomic mass is 32.2. The van der Waals surface area contributed by atoms with Gasteiger partial charge in [0.15, 0.2) is 0 Å². The van der Waals surface area contributed by atoms with E-state index in [4.69, 9.17) is 11.0 Å². The van der Waals surface area contributed by atoms with Gasteiger partial charge in [0.25, 0.3) is 15.9 Å². The minimum absolute atomic E-state index is 0.0332. The van der Waals surface area contributed by atoms with Gasteiger partial charge >= 0.3 is 0 Å². The fourth-order valence-electron chi connectivity index (χ4n) is 2.02. The lowest BCUT2D eigenvalue weighted by molar-refractivity contribution is 0.100. The molecule has 6 nitrogen and oxygen atoms in total. The first-order chi connectivity index (χ1) is 10.4. The number of anilines is 1. The van der Waals surface area contributed by atoms with Crippen LogP contribution in [0.3, 0.4) is 0 Å². The molecule has 0 spiro atoms. The van der Waals surface area contributed by atoms with Crippen LogP contribution >= 0.6 is 0 Å². The molecule has 0 aliphatic carbocycles. The first kappa shape index (κ1) is 15.5. The molecule has 0 aliphatic rings. The molecule has 0 radical (unpaired) electrons. The number of nitrogens with two attached hydrogens (primary N) is 1. The molecule has 0 bridgehead atoms. The Labute approximate surface area is 128 Å². The van der Waals surface area contributed by atoms with Crippen molar-refractivity contribution >= 4 is 21.6 Å². The van der Waals surface area contributed by atoms with Gasteiger partial charge in [0.1, 0.15) is 11.0 Å². The first-order valence-electron chi connectivity index (χ1n) is 6.26. The molecule has 2 rings (SSSR count). The fourth-order valence-corrected chi connectivity index (χ4v) is 3.37. The molecule has 112 valence electrons. The second-order valence-corrected chi connectivity index (χ2v) is 6.40. The molecular weight excluding hydrogens is 302 g/mol. The minimum Gasteiger partial charge on any atom is -0.366 e. The Morgan fingerprint density at radius 2 is 1.73 bits per heavy atom. The van der Waals surface area contributed by atoms with Gasteiger partial charge in [-0.25, -0.2) is 8.42 Å². The summed E-state index contributed by atoms with van der Waals surface area (Å²) in [7, 11) is -2.68. The van der Waals surface area contributed by atoms with Gasteiger partial charge in [-0.15, -0.1) is 0 Å². The Balaban J connectivity index is 2.61. The van der Waals surface area contributed by atoms with Crippen molar-refractivity contribution in [2.75, 3.05) is 11.4 Å². The second kappa shape index (κ2) is 5.87. The maximum absolute atomic E-state index is 12.7. The van der Waals surface area contributed by atoms with Crippen LogP contribution < -0.4 is 10.0 Å². The quantitative estimate of drug-likeness (QED) is 0.922. The Morgan fingerprint density at radius 3 is 2.36 bits per heavy atom. The van der Waals surface area contributed by atoms with E-state index >= 15 is 0 Å². The molecular formula is C15H13N3O3S. The fraction of sp³-hybridized carbons (Fsp3) is 0.0667. The van der Waals surface area contributed by atoms with Crippen molar-refractivity contribution in [1.29, 1.82) is 5.26 Å². The van der Waals surface area contributed by atoms with Gasteiger partial charge in [0, 0.05) is 7.05 Å². The normalized spacial score (nSPS) is 10.7. The largest absolute Gasteiger partial charge is 0.366 e. The average Bonchev–Trinajstić information content (AvgIpc) is 2.53. The van der Waals surface area contributed by atoms with Gasteiger partial charge in [0.2, 0.25) is 0 Å². The predicted molar refractivity (Wildman–Crippen MR) is 81.7 cm³/mol. The summed E-state index contributed by atoms with van der Waals surface area (Å²) in [5.41, 5.74) is 5.55. The molecule has 2 aromatic carbocycles. The zero-order valence-corrected chi connectivity index (χ0v) is 12.5. The van der Waals surface area contributed by atoms with Crippen molar-refractivity contribution in [3.8, 4) is 6.07 Å². The number of primary amides is 1. The smallest absolute Gasteiger partial charge is 0.265 e. The number of carbonyl (C=O) groups is 1. The lowest BCUT2D eigenvalue weighted by Gasteiger charge is -2.21. The number of nitrogens with zero attached hydrogens (tertiary/aromatic N) is 2. The molecule has 2 aromatic rings. The number of amides is 1. The zero-order valence-electron chi connectivity index (χ0n) is 11.7. The summed E-state index contributed by atoms with van der Waals surface area (Å²) in [5, 5.41) is 9.07. The van der Waals surface area contributed by atoms with Crippen molar-refractivity contribution in [2.24, 2.45) is 5.73 Å². The van der Waals surface area contributed by atoms with Crippen LogP contribution in [-0.4, -0.2) is 21.4 Å². The summed E-state index contributed by atoms with van der Waals surface area (Å²) in [6.45, 7) is 0. The highest BCUT2D eigenvalue weighted by Crippen LogP contribution is 2.26. The Hall–Kier alpha value is -2.85. The summed E-state index contributed by atoms with van der Waals surface area (Å²) >= 11 is 0. The Morgan fingerprint density at radius 1 is 1.14 bits per heavy atom. The number of para-hydroxylation sites is 1. The third-order valence-electron chi connectivity index (χ3n) is 3.15. The summed E-state index contributed by atoms with van der Waals surface area (Å²) in [6.07, 6.45) is 0. The molecule has 0 heterocycles. The maximum atomic E-state index is 12.7. The van der Waals surface area contributed by atoms with Crippen LogP contribution in [0.25, 0.3) is 0 Å². The van der Waals surface area contributed by atoms with Crippen LogP contribution in [0.5, 0.6) is 0 Å². The van der Waals surface area contributed by atoms with E-state index in [0.717, 1.165) is 4.31 Å². The van der Waals surface area contributed by atoms with Crippen molar-refractivity contribution in [2.45, 2.75) is 4.90 Å². The molecule has 0 aliphatic heterocycles. The van der Waals surface area contributed by atoms with Gasteiger partial charge < -0.3 is 5.73 Å². The van der Waals surface area contributed by atoms with Crippen LogP contribution in [-0.2, 0) is 10.0 Å². The molecule has 2 N–H and O–H groups in total. The van der Waals surface area contributed by atoms with Gasteiger partial charge in [-0.2, -0.15) is 5.26 Å². The molecule has 0 fully saturated rings. The van der Waals surface area contributed by atoms with E-state index in [2.05, 4.69) is 0 Å². The second-order valence-electron chi connectivity index (χ2n) is 4.46. The van der Waals surface area contributed by atoms with Crippen molar-refractivity contribution in [1.82, 2.24) is 0 Å². The van der Waals surface area contributed by atoms with Crippen LogP contribution in [0.1, 0.15) is 15.9 Å². The zero-order chi connectivity index (χ0) is 16.3. The molecule has 0 saturated carbocycles. The lowest BCUT2D eigenvalue weighted by Crippen LogP contribution is -2.29. The number of sulfonamides is 1. The minimum atomic E-state index is -3.99. The summed E-state index contributed by atoms with van der Waals surface area (Å²) in [5.74, 6) is -0.730. The van der Waals surface area contributed by atoms with Crippen molar-refractivity contribution < 1.29 is 13.2 Å². The van der Waals surface area contributed by atoms with E-state index in [1.807, 2.05) is 6.07 Å². The van der Waals surface area contributed by atoms with E-state index in [1.165, 1.54) is 37.4 Å². The average molecular weight is 315 g/mol. The van der Waals surface area contributed by atoms with Gasteiger partial charge in [-0.05, 0) is 24.3 Å². The lowest BCUT2D eigenvalue weighted by atomic mass is 10.2. The molecule has 22 heavy (non-hydrogen) atoms. The number of benzene rings is 2. The van der Waals surface area contributed by atoms with Gasteiger partial charge in [-0.3, -0.25) is 9.10 Å². The molecule has 1 amide bonds. The number of hydrogen-bond donors (Lipinski definition) is 1. The van der Waals surface area contributed by atoms with E-state index in [-0.39, 0.29) is 21.7 Å². The van der Waals surface area contributed by atoms with Crippen LogP contribution in [0.4, 0.5) is 5.69 Å². The van der Waals surface area contributed by atoms with Crippen LogP contribution in [0, 0.1) is 11.3 Å². The summed E-state index contributed by atoms with van der Waals surface area (Å²) < 4.78 is 26.4. The van der Waals surface area contributed by atoms with Gasteiger partial charge in [-0.1, -0.05) is 24.3 Å². The van der Waals surface area contributed by atoms with E-state index in [9.17, 15) is 13.2 Å². The third-order valence-corrected chi connectivity index (χ3v) is 4.98. The SMILES string of the molecule is CN(c1ccccc1C(N)=O)S(=O)(=O)c1ccccc1C#N. The molecule has 7 heteroatoms. The number of nitriles is 1. The maximum Gasteiger partial charge on any atom is 0.265 e. The number of rotatable bonds is 4. The Bertz CT molecular complexity index is 870. The molecule has 0 unspecified atom stereocenters. The number of hydrogen-bond acceptors (Lipinski definition) is 4. The number of carbonyl (C=O) groups excluding carboxylic acids is 1.